The van der Waals surface area contributed by atoms with E-state index < -0.39 is 0 Å². The predicted molar refractivity (Wildman–Crippen MR) is 70.6 cm³/mol. The predicted octanol–water partition coefficient (Wildman–Crippen LogP) is 1.70. The fourth-order valence-electron chi connectivity index (χ4n) is 1.76. The van der Waals surface area contributed by atoms with Crippen LogP contribution in [0, 0.1) is 0 Å². The van der Waals surface area contributed by atoms with E-state index in [1.54, 1.807) is 6.33 Å². The molecule has 0 aliphatic heterocycles. The molecule has 0 aliphatic rings. The number of hydrogen-bond acceptors (Lipinski definition) is 5. The van der Waals surface area contributed by atoms with Gasteiger partial charge in [-0.3, -0.25) is 0 Å². The number of H-pyrrole nitrogens is 1. The number of nitrogens with one attached hydrogen (secondary N) is 1. The summed E-state index contributed by atoms with van der Waals surface area (Å²) in [4.78, 5) is 17.5. The molecule has 3 rings (SSSR count). The van der Waals surface area contributed by atoms with Gasteiger partial charge in [0.25, 0.3) is 0 Å². The van der Waals surface area contributed by atoms with Crippen LogP contribution >= 0.6 is 0 Å². The molecule has 0 saturated carbocycles. The molecule has 6 heteroatoms. The second-order valence-corrected chi connectivity index (χ2v) is 3.90. The number of anilines is 3. The van der Waals surface area contributed by atoms with Crippen molar-refractivity contribution in [2.24, 2.45) is 0 Å². The molecular weight excluding hydrogens is 228 g/mol. The van der Waals surface area contributed by atoms with Crippen LogP contribution in [-0.4, -0.2) is 27.0 Å². The van der Waals surface area contributed by atoms with Crippen molar-refractivity contribution in [2.75, 3.05) is 17.7 Å². The van der Waals surface area contributed by atoms with Gasteiger partial charge in [0.1, 0.15) is 5.52 Å². The maximum Gasteiger partial charge on any atom is 0.233 e. The first-order valence-corrected chi connectivity index (χ1v) is 5.51. The smallest absolute Gasteiger partial charge is 0.233 e. The lowest BCUT2D eigenvalue weighted by atomic mass is 10.3. The van der Waals surface area contributed by atoms with Crippen LogP contribution in [0.5, 0.6) is 0 Å². The minimum absolute atomic E-state index is 0.398. The molecule has 0 unspecified atom stereocenters. The Morgan fingerprint density at radius 2 is 1.94 bits per heavy atom. The second kappa shape index (κ2) is 3.99. The molecule has 0 saturated heterocycles. The van der Waals surface area contributed by atoms with Crippen molar-refractivity contribution in [1.82, 2.24) is 19.9 Å². The van der Waals surface area contributed by atoms with Gasteiger partial charge in [0.05, 0.1) is 6.33 Å². The summed E-state index contributed by atoms with van der Waals surface area (Å²) >= 11 is 0. The highest BCUT2D eigenvalue weighted by Crippen LogP contribution is 2.23. The van der Waals surface area contributed by atoms with E-state index in [1.807, 2.05) is 42.3 Å². The molecule has 0 radical (unpaired) electrons. The Kier molecular flexibility index (Phi) is 2.33. The third-order valence-corrected chi connectivity index (χ3v) is 2.75. The van der Waals surface area contributed by atoms with Gasteiger partial charge >= 0.3 is 0 Å². The van der Waals surface area contributed by atoms with Crippen LogP contribution in [0.25, 0.3) is 11.2 Å². The number of nitrogens with two attached hydrogens (primary N) is 1. The van der Waals surface area contributed by atoms with Crippen molar-refractivity contribution in [3.8, 4) is 0 Å². The summed E-state index contributed by atoms with van der Waals surface area (Å²) in [5.41, 5.74) is 8.10. The molecule has 0 atom stereocenters. The van der Waals surface area contributed by atoms with E-state index in [4.69, 9.17) is 5.73 Å². The highest BCUT2D eigenvalue weighted by Gasteiger charge is 2.11. The first-order chi connectivity index (χ1) is 8.75. The summed E-state index contributed by atoms with van der Waals surface area (Å²) in [6.45, 7) is 0. The average molecular weight is 240 g/mol. The maximum absolute atomic E-state index is 5.87. The lowest BCUT2D eigenvalue weighted by molar-refractivity contribution is 1.06. The van der Waals surface area contributed by atoms with E-state index in [1.165, 1.54) is 0 Å². The Morgan fingerprint density at radius 1 is 1.17 bits per heavy atom. The molecule has 0 fully saturated rings. The van der Waals surface area contributed by atoms with Crippen LogP contribution < -0.4 is 10.6 Å². The number of aromatic nitrogens is 4. The Morgan fingerprint density at radius 3 is 2.72 bits per heavy atom. The molecule has 3 aromatic rings. The number of aromatic amines is 1. The Labute approximate surface area is 104 Å². The number of rotatable bonds is 2. The topological polar surface area (TPSA) is 83.7 Å². The molecule has 1 aromatic carbocycles. The van der Waals surface area contributed by atoms with E-state index in [0.29, 0.717) is 22.9 Å². The molecular formula is C12H12N6. The Hall–Kier alpha value is -2.63. The monoisotopic (exact) mass is 240 g/mol. The zero-order chi connectivity index (χ0) is 12.5. The Bertz CT molecular complexity index is 675. The molecule has 90 valence electrons. The summed E-state index contributed by atoms with van der Waals surface area (Å²) in [6.07, 6.45) is 1.56. The van der Waals surface area contributed by atoms with Gasteiger partial charge in [-0.1, -0.05) is 18.2 Å². The molecule has 2 aromatic heterocycles. The number of fused-ring (bicyclic) bond motifs is 1. The minimum atomic E-state index is 0.398. The molecule has 2 heterocycles. The van der Waals surface area contributed by atoms with Gasteiger partial charge in [0, 0.05) is 12.7 Å². The van der Waals surface area contributed by atoms with Crippen LogP contribution in [0.1, 0.15) is 0 Å². The van der Waals surface area contributed by atoms with Gasteiger partial charge in [0.2, 0.25) is 5.95 Å². The number of nitrogen functional groups attached to an aromatic ring is 1. The lowest BCUT2D eigenvalue weighted by Gasteiger charge is -2.17. The highest BCUT2D eigenvalue weighted by molar-refractivity contribution is 5.82. The quantitative estimate of drug-likeness (QED) is 0.712. The van der Waals surface area contributed by atoms with Gasteiger partial charge in [-0.2, -0.15) is 9.97 Å². The standard InChI is InChI=1S/C12H12N6/c1-18(8-5-3-2-4-6-8)12-16-10(13)9-11(17-12)15-7-14-9/h2-7H,1H3,(H3,13,14,15,16,17). The number of para-hydroxylation sites is 1. The number of benzene rings is 1. The van der Waals surface area contributed by atoms with E-state index in [9.17, 15) is 0 Å². The first kappa shape index (κ1) is 10.5. The third kappa shape index (κ3) is 1.64. The number of nitrogens with zero attached hydrogens (tertiary/aromatic N) is 4. The van der Waals surface area contributed by atoms with Crippen LogP contribution in [0.4, 0.5) is 17.5 Å². The van der Waals surface area contributed by atoms with Crippen molar-refractivity contribution in [3.05, 3.63) is 36.7 Å². The van der Waals surface area contributed by atoms with Crippen LogP contribution in [0.15, 0.2) is 36.7 Å². The lowest BCUT2D eigenvalue weighted by Crippen LogP contribution is -2.14. The molecule has 18 heavy (non-hydrogen) atoms. The first-order valence-electron chi connectivity index (χ1n) is 5.51. The van der Waals surface area contributed by atoms with E-state index in [2.05, 4.69) is 19.9 Å². The van der Waals surface area contributed by atoms with Crippen LogP contribution in [0.2, 0.25) is 0 Å². The molecule has 0 spiro atoms. The van der Waals surface area contributed by atoms with E-state index in [-0.39, 0.29) is 0 Å². The van der Waals surface area contributed by atoms with Crippen molar-refractivity contribution in [3.63, 3.8) is 0 Å². The summed E-state index contributed by atoms with van der Waals surface area (Å²) in [7, 11) is 1.89. The van der Waals surface area contributed by atoms with Gasteiger partial charge < -0.3 is 15.6 Å². The number of imidazole rings is 1. The largest absolute Gasteiger partial charge is 0.382 e. The summed E-state index contributed by atoms with van der Waals surface area (Å²) in [5.74, 6) is 0.925. The van der Waals surface area contributed by atoms with Gasteiger partial charge in [0.15, 0.2) is 11.5 Å². The summed E-state index contributed by atoms with van der Waals surface area (Å²) < 4.78 is 0. The number of hydrogen-bond donors (Lipinski definition) is 2. The molecule has 6 nitrogen and oxygen atoms in total. The van der Waals surface area contributed by atoms with Crippen molar-refractivity contribution < 1.29 is 0 Å². The summed E-state index contributed by atoms with van der Waals surface area (Å²) in [6, 6.07) is 9.84. The average Bonchev–Trinajstić information content (AvgIpc) is 2.88. The van der Waals surface area contributed by atoms with Crippen molar-refractivity contribution in [1.29, 1.82) is 0 Å². The minimum Gasteiger partial charge on any atom is -0.382 e. The van der Waals surface area contributed by atoms with Crippen LogP contribution in [0.3, 0.4) is 0 Å². The fraction of sp³-hybridized carbons (Fsp3) is 0.0833. The zero-order valence-electron chi connectivity index (χ0n) is 9.83. The zero-order valence-corrected chi connectivity index (χ0v) is 9.83. The van der Waals surface area contributed by atoms with Crippen molar-refractivity contribution >= 4 is 28.6 Å². The van der Waals surface area contributed by atoms with E-state index in [0.717, 1.165) is 5.69 Å². The molecule has 0 aliphatic carbocycles. The SMILES string of the molecule is CN(c1ccccc1)c1nc(N)c2[nH]cnc2n1. The molecule has 3 N–H and O–H groups in total. The Balaban J connectivity index is 2.09. The second-order valence-electron chi connectivity index (χ2n) is 3.90. The van der Waals surface area contributed by atoms with E-state index >= 15 is 0 Å². The molecule has 0 amide bonds. The fourth-order valence-corrected chi connectivity index (χ4v) is 1.76. The third-order valence-electron chi connectivity index (χ3n) is 2.75. The maximum atomic E-state index is 5.87. The molecule has 0 bridgehead atoms. The van der Waals surface area contributed by atoms with Gasteiger partial charge in [-0.05, 0) is 12.1 Å². The summed E-state index contributed by atoms with van der Waals surface area (Å²) in [5, 5.41) is 0. The van der Waals surface area contributed by atoms with Gasteiger partial charge in [-0.25, -0.2) is 4.98 Å². The van der Waals surface area contributed by atoms with Gasteiger partial charge in [-0.15, -0.1) is 0 Å². The van der Waals surface area contributed by atoms with Crippen LogP contribution in [-0.2, 0) is 0 Å². The normalized spacial score (nSPS) is 10.7. The van der Waals surface area contributed by atoms with Crippen molar-refractivity contribution in [2.45, 2.75) is 0 Å². The highest BCUT2D eigenvalue weighted by atomic mass is 15.3.